The van der Waals surface area contributed by atoms with Gasteiger partial charge in [-0.05, 0) is 32.1 Å². The Morgan fingerprint density at radius 3 is 2.19 bits per heavy atom. The van der Waals surface area contributed by atoms with Crippen molar-refractivity contribution in [3.05, 3.63) is 0 Å². The smallest absolute Gasteiger partial charge is 0.326 e. The number of carboxylic acids is 1. The minimum atomic E-state index is -1.28. The van der Waals surface area contributed by atoms with E-state index >= 15 is 0 Å². The van der Waals surface area contributed by atoms with Crippen molar-refractivity contribution in [2.75, 3.05) is 13.2 Å². The number of carbonyl (C=O) groups is 4. The standard InChI is InChI=1S/C17H30N4O6/c1-9(2)7-11(19-14(23)10(3)18)15(24)20-12(8-22)16(25)21-6-4-5-13(21)17(26)27/h9-13,22H,4-8,18H2,1-3H3,(H,19,23)(H,20,24)(H,26,27). The van der Waals surface area contributed by atoms with Crippen molar-refractivity contribution in [3.8, 4) is 0 Å². The third kappa shape index (κ3) is 6.47. The summed E-state index contributed by atoms with van der Waals surface area (Å²) in [4.78, 5) is 49.4. The molecule has 1 fully saturated rings. The average molecular weight is 386 g/mol. The molecule has 10 nitrogen and oxygen atoms in total. The Labute approximate surface area is 158 Å². The molecule has 3 amide bonds. The van der Waals surface area contributed by atoms with Crippen molar-refractivity contribution >= 4 is 23.7 Å². The molecule has 0 aliphatic carbocycles. The lowest BCUT2D eigenvalue weighted by Crippen LogP contribution is -2.58. The monoisotopic (exact) mass is 386 g/mol. The molecule has 4 atom stereocenters. The number of carboxylic acid groups (broad SMARTS) is 1. The molecular weight excluding hydrogens is 356 g/mol. The van der Waals surface area contributed by atoms with E-state index in [4.69, 9.17) is 5.73 Å². The van der Waals surface area contributed by atoms with Crippen LogP contribution in [0.1, 0.15) is 40.0 Å². The molecule has 0 bridgehead atoms. The topological polar surface area (TPSA) is 162 Å². The van der Waals surface area contributed by atoms with Crippen molar-refractivity contribution in [1.82, 2.24) is 15.5 Å². The van der Waals surface area contributed by atoms with Gasteiger partial charge in [-0.3, -0.25) is 14.4 Å². The molecule has 1 heterocycles. The van der Waals surface area contributed by atoms with Crippen LogP contribution < -0.4 is 16.4 Å². The van der Waals surface area contributed by atoms with Crippen molar-refractivity contribution in [2.24, 2.45) is 11.7 Å². The highest BCUT2D eigenvalue weighted by Gasteiger charge is 2.38. The zero-order chi connectivity index (χ0) is 20.7. The fourth-order valence-corrected chi connectivity index (χ4v) is 2.95. The average Bonchev–Trinajstić information content (AvgIpc) is 3.07. The molecule has 10 heteroatoms. The van der Waals surface area contributed by atoms with Gasteiger partial charge in [-0.2, -0.15) is 0 Å². The number of hydrogen-bond donors (Lipinski definition) is 5. The van der Waals surface area contributed by atoms with Gasteiger partial charge in [0.05, 0.1) is 12.6 Å². The second-order valence-corrected chi connectivity index (χ2v) is 7.25. The van der Waals surface area contributed by atoms with Crippen molar-refractivity contribution in [3.63, 3.8) is 0 Å². The third-order valence-corrected chi connectivity index (χ3v) is 4.37. The molecule has 0 aromatic carbocycles. The number of carbonyl (C=O) groups excluding carboxylic acids is 3. The summed E-state index contributed by atoms with van der Waals surface area (Å²) in [5.74, 6) is -2.83. The van der Waals surface area contributed by atoms with E-state index in [0.29, 0.717) is 19.3 Å². The summed E-state index contributed by atoms with van der Waals surface area (Å²) >= 11 is 0. The van der Waals surface area contributed by atoms with E-state index in [1.54, 1.807) is 0 Å². The molecule has 1 aliphatic rings. The number of aliphatic hydroxyl groups is 1. The molecule has 27 heavy (non-hydrogen) atoms. The Kier molecular flexibility index (Phi) is 8.64. The van der Waals surface area contributed by atoms with E-state index in [1.807, 2.05) is 13.8 Å². The van der Waals surface area contributed by atoms with E-state index in [2.05, 4.69) is 10.6 Å². The van der Waals surface area contributed by atoms with Crippen molar-refractivity contribution < 1.29 is 29.4 Å². The van der Waals surface area contributed by atoms with Gasteiger partial charge < -0.3 is 31.5 Å². The first kappa shape index (κ1) is 22.8. The van der Waals surface area contributed by atoms with E-state index < -0.39 is 54.5 Å². The van der Waals surface area contributed by atoms with Crippen LogP contribution in [0.25, 0.3) is 0 Å². The Morgan fingerprint density at radius 1 is 1.11 bits per heavy atom. The Morgan fingerprint density at radius 2 is 1.70 bits per heavy atom. The summed E-state index contributed by atoms with van der Waals surface area (Å²) in [6, 6.07) is -3.96. The minimum absolute atomic E-state index is 0.0763. The van der Waals surface area contributed by atoms with Crippen LogP contribution in [0.5, 0.6) is 0 Å². The van der Waals surface area contributed by atoms with Crippen molar-refractivity contribution in [2.45, 2.75) is 64.2 Å². The van der Waals surface area contributed by atoms with Crippen LogP contribution in [-0.4, -0.2) is 76.1 Å². The number of rotatable bonds is 9. The minimum Gasteiger partial charge on any atom is -0.480 e. The van der Waals surface area contributed by atoms with Crippen LogP contribution in [0.15, 0.2) is 0 Å². The highest BCUT2D eigenvalue weighted by Crippen LogP contribution is 2.18. The molecule has 0 aromatic heterocycles. The quantitative estimate of drug-likeness (QED) is 0.319. The SMILES string of the molecule is CC(C)CC(NC(=O)C(C)N)C(=O)NC(CO)C(=O)N1CCCC1C(=O)O. The number of aliphatic hydroxyl groups excluding tert-OH is 1. The number of aliphatic carboxylic acids is 1. The van der Waals surface area contributed by atoms with E-state index in [-0.39, 0.29) is 12.5 Å². The van der Waals surface area contributed by atoms with Gasteiger partial charge in [0, 0.05) is 6.54 Å². The number of nitrogens with one attached hydrogen (secondary N) is 2. The maximum Gasteiger partial charge on any atom is 0.326 e. The molecule has 0 radical (unpaired) electrons. The van der Waals surface area contributed by atoms with Crippen LogP contribution in [0.2, 0.25) is 0 Å². The number of likely N-dealkylation sites (tertiary alicyclic amines) is 1. The van der Waals surface area contributed by atoms with Gasteiger partial charge in [-0.1, -0.05) is 13.8 Å². The summed E-state index contributed by atoms with van der Waals surface area (Å²) in [7, 11) is 0. The largest absolute Gasteiger partial charge is 0.480 e. The zero-order valence-corrected chi connectivity index (χ0v) is 16.0. The summed E-state index contributed by atoms with van der Waals surface area (Å²) in [6.45, 7) is 4.80. The molecule has 0 saturated carbocycles. The van der Waals surface area contributed by atoms with Crippen molar-refractivity contribution in [1.29, 1.82) is 0 Å². The fourth-order valence-electron chi connectivity index (χ4n) is 2.95. The van der Waals surface area contributed by atoms with Crippen LogP contribution in [-0.2, 0) is 19.2 Å². The van der Waals surface area contributed by atoms with Gasteiger partial charge in [0.2, 0.25) is 17.7 Å². The molecule has 0 spiro atoms. The van der Waals surface area contributed by atoms with E-state index in [0.717, 1.165) is 4.90 Å². The molecular formula is C17H30N4O6. The first-order valence-corrected chi connectivity index (χ1v) is 9.08. The Hall–Kier alpha value is -2.20. The highest BCUT2D eigenvalue weighted by molar-refractivity contribution is 5.94. The summed E-state index contributed by atoms with van der Waals surface area (Å²) in [5.41, 5.74) is 5.52. The van der Waals surface area contributed by atoms with Gasteiger partial charge in [-0.25, -0.2) is 4.79 Å². The van der Waals surface area contributed by atoms with Crippen LogP contribution >= 0.6 is 0 Å². The summed E-state index contributed by atoms with van der Waals surface area (Å²) in [6.07, 6.45) is 1.18. The number of nitrogens with zero attached hydrogens (tertiary/aromatic N) is 1. The van der Waals surface area contributed by atoms with Gasteiger partial charge in [-0.15, -0.1) is 0 Å². The number of hydrogen-bond acceptors (Lipinski definition) is 6. The first-order valence-electron chi connectivity index (χ1n) is 9.08. The second kappa shape index (κ2) is 10.2. The summed E-state index contributed by atoms with van der Waals surface area (Å²) in [5, 5.41) is 23.7. The first-order chi connectivity index (χ1) is 12.6. The second-order valence-electron chi connectivity index (χ2n) is 7.25. The fraction of sp³-hybridized carbons (Fsp3) is 0.765. The predicted octanol–water partition coefficient (Wildman–Crippen LogP) is -1.58. The molecule has 6 N–H and O–H groups in total. The number of nitrogens with two attached hydrogens (primary N) is 1. The zero-order valence-electron chi connectivity index (χ0n) is 16.0. The maximum absolute atomic E-state index is 12.6. The highest BCUT2D eigenvalue weighted by atomic mass is 16.4. The van der Waals surface area contributed by atoms with Crippen LogP contribution in [0, 0.1) is 5.92 Å². The molecule has 0 aromatic rings. The lowest BCUT2D eigenvalue weighted by atomic mass is 10.0. The van der Waals surface area contributed by atoms with Gasteiger partial charge in [0.25, 0.3) is 0 Å². The third-order valence-electron chi connectivity index (χ3n) is 4.37. The van der Waals surface area contributed by atoms with Crippen LogP contribution in [0.4, 0.5) is 0 Å². The lowest BCUT2D eigenvalue weighted by molar-refractivity contribution is -0.150. The van der Waals surface area contributed by atoms with Gasteiger partial charge >= 0.3 is 5.97 Å². The van der Waals surface area contributed by atoms with E-state index in [1.165, 1.54) is 6.92 Å². The number of amides is 3. The van der Waals surface area contributed by atoms with E-state index in [9.17, 15) is 29.4 Å². The van der Waals surface area contributed by atoms with Gasteiger partial charge in [0.1, 0.15) is 18.1 Å². The summed E-state index contributed by atoms with van der Waals surface area (Å²) < 4.78 is 0. The van der Waals surface area contributed by atoms with Crippen LogP contribution in [0.3, 0.4) is 0 Å². The Bertz CT molecular complexity index is 566. The molecule has 4 unspecified atom stereocenters. The molecule has 1 rings (SSSR count). The lowest BCUT2D eigenvalue weighted by Gasteiger charge is -2.28. The molecule has 154 valence electrons. The normalized spacial score (nSPS) is 20.1. The maximum atomic E-state index is 12.6. The molecule has 1 saturated heterocycles. The Balaban J connectivity index is 2.85. The predicted molar refractivity (Wildman–Crippen MR) is 96.4 cm³/mol. The molecule has 1 aliphatic heterocycles. The van der Waals surface area contributed by atoms with Gasteiger partial charge in [0.15, 0.2) is 0 Å².